The Hall–Kier alpha value is -0.480. The molecular weight excluding hydrogens is 244 g/mol. The van der Waals surface area contributed by atoms with Crippen molar-refractivity contribution in [3.8, 4) is 0 Å². The molecule has 2 rings (SSSR count). The number of fused-ring (bicyclic) bond motifs is 1. The van der Waals surface area contributed by atoms with Gasteiger partial charge < -0.3 is 5.73 Å². The van der Waals surface area contributed by atoms with Gasteiger partial charge in [0.2, 0.25) is 0 Å². The molecule has 0 saturated carbocycles. The number of hydrogen-bond acceptors (Lipinski definition) is 2. The molecule has 0 radical (unpaired) electrons. The lowest BCUT2D eigenvalue weighted by Crippen LogP contribution is -1.96. The quantitative estimate of drug-likeness (QED) is 0.848. The van der Waals surface area contributed by atoms with Crippen LogP contribution in [0.4, 0.5) is 0 Å². The Morgan fingerprint density at radius 3 is 2.64 bits per heavy atom. The van der Waals surface area contributed by atoms with Crippen LogP contribution in [0, 0.1) is 0 Å². The molecule has 0 aliphatic rings. The Labute approximate surface area is 99.1 Å². The number of nitrogens with zero attached hydrogens (tertiary/aromatic N) is 2. The number of pyridine rings is 1. The maximum atomic E-state index is 5.98. The van der Waals surface area contributed by atoms with Gasteiger partial charge in [0, 0.05) is 12.7 Å². The predicted molar refractivity (Wildman–Crippen MR) is 62.6 cm³/mol. The van der Waals surface area contributed by atoms with Gasteiger partial charge in [-0.2, -0.15) is 0 Å². The minimum atomic E-state index is 0. The van der Waals surface area contributed by atoms with Gasteiger partial charge >= 0.3 is 0 Å². The molecule has 0 aromatic carbocycles. The van der Waals surface area contributed by atoms with Gasteiger partial charge in [0.05, 0.1) is 5.69 Å². The van der Waals surface area contributed by atoms with E-state index in [0.717, 1.165) is 11.3 Å². The van der Waals surface area contributed by atoms with E-state index in [-0.39, 0.29) is 24.8 Å². The van der Waals surface area contributed by atoms with Gasteiger partial charge in [-0.1, -0.05) is 17.7 Å². The van der Waals surface area contributed by atoms with Gasteiger partial charge in [0.25, 0.3) is 0 Å². The number of hydrogen-bond donors (Lipinski definition) is 1. The number of aromatic nitrogens is 2. The van der Waals surface area contributed by atoms with Crippen LogP contribution in [0.5, 0.6) is 0 Å². The molecule has 78 valence electrons. The summed E-state index contributed by atoms with van der Waals surface area (Å²) in [5, 5.41) is 0.605. The SMILES string of the molecule is Cl.Cl.NCc1nc2ccccn2c1Cl. The van der Waals surface area contributed by atoms with E-state index in [0.29, 0.717) is 11.7 Å². The fraction of sp³-hybridized carbons (Fsp3) is 0.125. The molecule has 2 heterocycles. The molecule has 6 heteroatoms. The van der Waals surface area contributed by atoms with Gasteiger partial charge in [0.1, 0.15) is 10.8 Å². The largest absolute Gasteiger partial charge is 0.325 e. The second-order valence-corrected chi connectivity index (χ2v) is 2.84. The van der Waals surface area contributed by atoms with Crippen molar-refractivity contribution < 1.29 is 0 Å². The van der Waals surface area contributed by atoms with Crippen molar-refractivity contribution in [1.82, 2.24) is 9.38 Å². The van der Waals surface area contributed by atoms with E-state index in [1.165, 1.54) is 0 Å². The monoisotopic (exact) mass is 253 g/mol. The lowest BCUT2D eigenvalue weighted by atomic mass is 10.5. The maximum Gasteiger partial charge on any atom is 0.138 e. The molecule has 0 saturated heterocycles. The zero-order valence-electron chi connectivity index (χ0n) is 7.18. The fourth-order valence-corrected chi connectivity index (χ4v) is 1.41. The third-order valence-corrected chi connectivity index (χ3v) is 2.13. The number of rotatable bonds is 1. The van der Waals surface area contributed by atoms with Crippen LogP contribution in [0.1, 0.15) is 5.69 Å². The third kappa shape index (κ3) is 2.12. The van der Waals surface area contributed by atoms with Crippen LogP contribution in [-0.4, -0.2) is 9.38 Å². The van der Waals surface area contributed by atoms with E-state index in [1.807, 2.05) is 28.8 Å². The van der Waals surface area contributed by atoms with Crippen LogP contribution in [0.3, 0.4) is 0 Å². The first-order valence-electron chi connectivity index (χ1n) is 3.64. The summed E-state index contributed by atoms with van der Waals surface area (Å²) >= 11 is 5.98. The fourth-order valence-electron chi connectivity index (χ4n) is 1.14. The zero-order chi connectivity index (χ0) is 8.55. The molecule has 2 N–H and O–H groups in total. The molecule has 2 aromatic rings. The Bertz CT molecular complexity index is 413. The van der Waals surface area contributed by atoms with Crippen LogP contribution in [0.15, 0.2) is 24.4 Å². The van der Waals surface area contributed by atoms with Crippen molar-refractivity contribution in [1.29, 1.82) is 0 Å². The molecule has 2 aromatic heterocycles. The Balaban J connectivity index is 0.000000845. The maximum absolute atomic E-state index is 5.98. The molecule has 0 bridgehead atoms. The summed E-state index contributed by atoms with van der Waals surface area (Å²) in [5.74, 6) is 0. The minimum Gasteiger partial charge on any atom is -0.325 e. The Morgan fingerprint density at radius 2 is 2.07 bits per heavy atom. The highest BCUT2D eigenvalue weighted by Crippen LogP contribution is 2.16. The molecule has 0 aliphatic heterocycles. The summed E-state index contributed by atoms with van der Waals surface area (Å²) in [4.78, 5) is 4.24. The molecule has 0 spiro atoms. The average molecular weight is 255 g/mol. The van der Waals surface area contributed by atoms with Crippen LogP contribution in [0.25, 0.3) is 5.65 Å². The van der Waals surface area contributed by atoms with Crippen LogP contribution in [0.2, 0.25) is 5.15 Å². The van der Waals surface area contributed by atoms with E-state index < -0.39 is 0 Å². The number of imidazole rings is 1. The predicted octanol–water partition coefficient (Wildman–Crippen LogP) is 2.29. The molecule has 0 aliphatic carbocycles. The number of halogens is 3. The van der Waals surface area contributed by atoms with Gasteiger partial charge in [-0.25, -0.2) is 4.98 Å². The van der Waals surface area contributed by atoms with E-state index >= 15 is 0 Å². The van der Waals surface area contributed by atoms with E-state index in [1.54, 1.807) is 0 Å². The zero-order valence-corrected chi connectivity index (χ0v) is 9.57. The van der Waals surface area contributed by atoms with Crippen LogP contribution < -0.4 is 5.73 Å². The van der Waals surface area contributed by atoms with Crippen LogP contribution in [-0.2, 0) is 6.54 Å². The van der Waals surface area contributed by atoms with E-state index in [9.17, 15) is 0 Å². The van der Waals surface area contributed by atoms with E-state index in [2.05, 4.69) is 4.98 Å². The number of nitrogens with two attached hydrogens (primary N) is 1. The lowest BCUT2D eigenvalue weighted by molar-refractivity contribution is 1.02. The molecule has 0 fully saturated rings. The first kappa shape index (κ1) is 13.5. The summed E-state index contributed by atoms with van der Waals surface area (Å²) in [6, 6.07) is 5.71. The second kappa shape index (κ2) is 5.41. The van der Waals surface area contributed by atoms with Crippen molar-refractivity contribution in [3.05, 3.63) is 35.2 Å². The average Bonchev–Trinajstić information content (AvgIpc) is 2.44. The van der Waals surface area contributed by atoms with Crippen molar-refractivity contribution >= 4 is 42.1 Å². The molecular formula is C8H10Cl3N3. The third-order valence-electron chi connectivity index (χ3n) is 1.73. The van der Waals surface area contributed by atoms with Crippen LogP contribution >= 0.6 is 36.4 Å². The highest BCUT2D eigenvalue weighted by molar-refractivity contribution is 6.30. The summed E-state index contributed by atoms with van der Waals surface area (Å²) in [6.45, 7) is 0.376. The standard InChI is InChI=1S/C8H8ClN3.2ClH/c9-8-6(5-10)11-7-3-1-2-4-12(7)8;;/h1-4H,5,10H2;2*1H. The first-order valence-corrected chi connectivity index (χ1v) is 4.02. The van der Waals surface area contributed by atoms with Crippen molar-refractivity contribution in [3.63, 3.8) is 0 Å². The molecule has 0 amide bonds. The van der Waals surface area contributed by atoms with Gasteiger partial charge in [-0.3, -0.25) is 4.40 Å². The highest BCUT2D eigenvalue weighted by atomic mass is 35.5. The smallest absolute Gasteiger partial charge is 0.138 e. The molecule has 3 nitrogen and oxygen atoms in total. The summed E-state index contributed by atoms with van der Waals surface area (Å²) in [7, 11) is 0. The highest BCUT2D eigenvalue weighted by Gasteiger charge is 2.06. The van der Waals surface area contributed by atoms with Crippen molar-refractivity contribution in [2.45, 2.75) is 6.54 Å². The topological polar surface area (TPSA) is 43.3 Å². The second-order valence-electron chi connectivity index (χ2n) is 2.48. The van der Waals surface area contributed by atoms with Gasteiger partial charge in [-0.05, 0) is 12.1 Å². The first-order chi connectivity index (χ1) is 5.83. The summed E-state index contributed by atoms with van der Waals surface area (Å²) in [6.07, 6.45) is 1.86. The van der Waals surface area contributed by atoms with Gasteiger partial charge in [-0.15, -0.1) is 24.8 Å². The lowest BCUT2D eigenvalue weighted by Gasteiger charge is -1.91. The molecule has 0 atom stereocenters. The van der Waals surface area contributed by atoms with Crippen molar-refractivity contribution in [2.24, 2.45) is 5.73 Å². The molecule has 0 unspecified atom stereocenters. The Morgan fingerprint density at radius 1 is 1.36 bits per heavy atom. The van der Waals surface area contributed by atoms with E-state index in [4.69, 9.17) is 17.3 Å². The normalized spacial score (nSPS) is 9.29. The van der Waals surface area contributed by atoms with Crippen molar-refractivity contribution in [2.75, 3.05) is 0 Å². The minimum absolute atomic E-state index is 0. The summed E-state index contributed by atoms with van der Waals surface area (Å²) in [5.41, 5.74) is 7.03. The molecule has 14 heavy (non-hydrogen) atoms. The Kier molecular flexibility index (Phi) is 5.23. The summed E-state index contributed by atoms with van der Waals surface area (Å²) < 4.78 is 1.81. The van der Waals surface area contributed by atoms with Gasteiger partial charge in [0.15, 0.2) is 0 Å².